The monoisotopic (exact) mass is 426 g/mol. The van der Waals surface area contributed by atoms with Crippen LogP contribution in [0.5, 0.6) is 5.75 Å². The molecule has 2 aromatic carbocycles. The third-order valence-electron chi connectivity index (χ3n) is 5.61. The van der Waals surface area contributed by atoms with E-state index in [0.29, 0.717) is 30.8 Å². The van der Waals surface area contributed by atoms with Crippen molar-refractivity contribution in [2.45, 2.75) is 32.7 Å². The Labute approximate surface area is 187 Å². The van der Waals surface area contributed by atoms with Gasteiger partial charge in [-0.1, -0.05) is 36.9 Å². The lowest BCUT2D eigenvalue weighted by Crippen LogP contribution is -2.00. The maximum absolute atomic E-state index is 5.88. The highest BCUT2D eigenvalue weighted by Crippen LogP contribution is 2.41. The second kappa shape index (κ2) is 8.46. The number of benzene rings is 2. The van der Waals surface area contributed by atoms with Crippen LogP contribution in [0.25, 0.3) is 39.2 Å². The van der Waals surface area contributed by atoms with Crippen molar-refractivity contribution in [2.75, 3.05) is 13.2 Å². The smallest absolute Gasteiger partial charge is 0.132 e. The van der Waals surface area contributed by atoms with Crippen LogP contribution in [-0.2, 0) is 4.74 Å². The average molecular weight is 427 g/mol. The normalized spacial score (nSPS) is 13.3. The van der Waals surface area contributed by atoms with Gasteiger partial charge in [0.2, 0.25) is 0 Å². The maximum Gasteiger partial charge on any atom is 0.132 e. The molecule has 0 bridgehead atoms. The van der Waals surface area contributed by atoms with Crippen LogP contribution < -0.4 is 4.74 Å². The van der Waals surface area contributed by atoms with E-state index in [9.17, 15) is 0 Å². The van der Waals surface area contributed by atoms with Gasteiger partial charge in [0.1, 0.15) is 23.5 Å². The molecule has 0 spiro atoms. The van der Waals surface area contributed by atoms with Gasteiger partial charge in [-0.2, -0.15) is 5.10 Å². The second-order valence-electron chi connectivity index (χ2n) is 7.85. The van der Waals surface area contributed by atoms with Crippen molar-refractivity contribution in [3.05, 3.63) is 67.1 Å². The van der Waals surface area contributed by atoms with Crippen LogP contribution in [0.15, 0.2) is 61.6 Å². The number of ether oxygens (including phenoxy) is 2. The average Bonchev–Trinajstić information content (AvgIpc) is 3.57. The summed E-state index contributed by atoms with van der Waals surface area (Å²) >= 11 is 0. The predicted octanol–water partition coefficient (Wildman–Crippen LogP) is 5.90. The number of hydrogen-bond acceptors (Lipinski definition) is 5. The molecule has 1 aliphatic rings. The van der Waals surface area contributed by atoms with Crippen LogP contribution >= 0.6 is 0 Å². The van der Waals surface area contributed by atoms with Gasteiger partial charge in [0.05, 0.1) is 36.0 Å². The summed E-state index contributed by atoms with van der Waals surface area (Å²) in [4.78, 5) is 9.23. The quantitative estimate of drug-likeness (QED) is 0.328. The molecule has 1 saturated carbocycles. The molecular formula is C26H26N4O2. The van der Waals surface area contributed by atoms with Gasteiger partial charge in [-0.15, -0.1) is 0 Å². The van der Waals surface area contributed by atoms with Crippen LogP contribution in [-0.4, -0.2) is 33.0 Å². The fraction of sp³-hybridized carbons (Fsp3) is 0.269. The number of rotatable bonds is 8. The first-order chi connectivity index (χ1) is 15.7. The summed E-state index contributed by atoms with van der Waals surface area (Å²) < 4.78 is 13.7. The molecule has 2 heterocycles. The van der Waals surface area contributed by atoms with Gasteiger partial charge in [0.15, 0.2) is 0 Å². The Kier molecular flexibility index (Phi) is 5.35. The summed E-state index contributed by atoms with van der Waals surface area (Å²) in [5, 5.41) is 5.86. The van der Waals surface area contributed by atoms with Crippen molar-refractivity contribution in [3.8, 4) is 28.3 Å². The summed E-state index contributed by atoms with van der Waals surface area (Å²) in [5.41, 5.74) is 5.45. The zero-order valence-corrected chi connectivity index (χ0v) is 18.4. The molecule has 4 aromatic rings. The van der Waals surface area contributed by atoms with Crippen molar-refractivity contribution in [1.82, 2.24) is 19.7 Å². The zero-order valence-electron chi connectivity index (χ0n) is 18.4. The Morgan fingerprint density at radius 3 is 2.59 bits per heavy atom. The summed E-state index contributed by atoms with van der Waals surface area (Å²) in [6, 6.07) is 14.7. The van der Waals surface area contributed by atoms with Crippen LogP contribution in [0.2, 0.25) is 0 Å². The molecule has 162 valence electrons. The molecule has 1 fully saturated rings. The number of fused-ring (bicyclic) bond motifs is 1. The van der Waals surface area contributed by atoms with Gasteiger partial charge >= 0.3 is 0 Å². The largest absolute Gasteiger partial charge is 0.494 e. The molecule has 2 aromatic heterocycles. The SMILES string of the molecule is C=C(OCC)c1cc2c(-c3cn(C4CC4)nc3-c3ccccc3)ncnc2cc1OCC. The molecule has 0 aliphatic heterocycles. The van der Waals surface area contributed by atoms with Crippen molar-refractivity contribution >= 4 is 16.7 Å². The molecule has 0 atom stereocenters. The summed E-state index contributed by atoms with van der Waals surface area (Å²) in [6.07, 6.45) is 6.05. The Bertz CT molecular complexity index is 1280. The lowest BCUT2D eigenvalue weighted by molar-refractivity contribution is 0.293. The second-order valence-corrected chi connectivity index (χ2v) is 7.85. The van der Waals surface area contributed by atoms with E-state index in [4.69, 9.17) is 19.6 Å². The van der Waals surface area contributed by atoms with Crippen molar-refractivity contribution in [2.24, 2.45) is 0 Å². The minimum absolute atomic E-state index is 0.470. The Balaban J connectivity index is 1.73. The Morgan fingerprint density at radius 1 is 1.06 bits per heavy atom. The fourth-order valence-corrected chi connectivity index (χ4v) is 3.94. The minimum atomic E-state index is 0.470. The first kappa shape index (κ1) is 20.2. The molecule has 32 heavy (non-hydrogen) atoms. The van der Waals surface area contributed by atoms with Gasteiger partial charge in [-0.3, -0.25) is 4.68 Å². The van der Waals surface area contributed by atoms with Gasteiger partial charge in [0, 0.05) is 28.8 Å². The van der Waals surface area contributed by atoms with Crippen molar-refractivity contribution in [3.63, 3.8) is 0 Å². The van der Waals surface area contributed by atoms with Gasteiger partial charge in [-0.25, -0.2) is 9.97 Å². The van der Waals surface area contributed by atoms with E-state index < -0.39 is 0 Å². The van der Waals surface area contributed by atoms with E-state index in [2.05, 4.69) is 34.6 Å². The number of hydrogen-bond donors (Lipinski definition) is 0. The molecule has 0 unspecified atom stereocenters. The molecular weight excluding hydrogens is 400 g/mol. The van der Waals surface area contributed by atoms with Crippen LogP contribution in [0, 0.1) is 0 Å². The zero-order chi connectivity index (χ0) is 22.1. The van der Waals surface area contributed by atoms with Crippen LogP contribution in [0.4, 0.5) is 0 Å². The van der Waals surface area contributed by atoms with E-state index in [1.165, 1.54) is 0 Å². The van der Waals surface area contributed by atoms with E-state index >= 15 is 0 Å². The van der Waals surface area contributed by atoms with Crippen LogP contribution in [0.3, 0.4) is 0 Å². The van der Waals surface area contributed by atoms with E-state index in [0.717, 1.165) is 51.8 Å². The van der Waals surface area contributed by atoms with Gasteiger partial charge < -0.3 is 9.47 Å². The van der Waals surface area contributed by atoms with Crippen molar-refractivity contribution in [1.29, 1.82) is 0 Å². The van der Waals surface area contributed by atoms with E-state index in [-0.39, 0.29) is 0 Å². The summed E-state index contributed by atoms with van der Waals surface area (Å²) in [7, 11) is 0. The number of aromatic nitrogens is 4. The molecule has 6 heteroatoms. The first-order valence-corrected chi connectivity index (χ1v) is 11.1. The minimum Gasteiger partial charge on any atom is -0.494 e. The Morgan fingerprint density at radius 2 is 1.88 bits per heavy atom. The lowest BCUT2D eigenvalue weighted by atomic mass is 10.0. The molecule has 0 amide bonds. The molecule has 5 rings (SSSR count). The Hall–Kier alpha value is -3.67. The molecule has 0 radical (unpaired) electrons. The molecule has 6 nitrogen and oxygen atoms in total. The highest BCUT2D eigenvalue weighted by atomic mass is 16.5. The highest BCUT2D eigenvalue weighted by Gasteiger charge is 2.27. The van der Waals surface area contributed by atoms with Gasteiger partial charge in [0.25, 0.3) is 0 Å². The van der Waals surface area contributed by atoms with Crippen LogP contribution in [0.1, 0.15) is 38.3 Å². The van der Waals surface area contributed by atoms with Gasteiger partial charge in [-0.05, 0) is 32.8 Å². The standard InChI is InChI=1S/C26H26N4O2/c1-4-31-17(3)20-13-21-23(14-24(20)32-5-2)27-16-28-26(21)22-15-30(19-11-12-19)29-25(22)18-9-7-6-8-10-18/h6-10,13-16,19H,3-5,11-12H2,1-2H3. The van der Waals surface area contributed by atoms with Crippen molar-refractivity contribution < 1.29 is 9.47 Å². The molecule has 0 saturated heterocycles. The lowest BCUT2D eigenvalue weighted by Gasteiger charge is -2.15. The topological polar surface area (TPSA) is 62.1 Å². The summed E-state index contributed by atoms with van der Waals surface area (Å²) in [6.45, 7) is 9.09. The highest BCUT2D eigenvalue weighted by molar-refractivity contribution is 5.98. The van der Waals surface area contributed by atoms with E-state index in [1.807, 2.05) is 44.2 Å². The predicted molar refractivity (Wildman–Crippen MR) is 126 cm³/mol. The third kappa shape index (κ3) is 3.73. The third-order valence-corrected chi connectivity index (χ3v) is 5.61. The first-order valence-electron chi connectivity index (χ1n) is 11.1. The van der Waals surface area contributed by atoms with E-state index in [1.54, 1.807) is 6.33 Å². The molecule has 1 aliphatic carbocycles. The summed E-state index contributed by atoms with van der Waals surface area (Å²) in [5.74, 6) is 1.28. The molecule has 0 N–H and O–H groups in total. The maximum atomic E-state index is 5.88. The fourth-order valence-electron chi connectivity index (χ4n) is 3.94. The number of nitrogens with zero attached hydrogens (tertiary/aromatic N) is 4.